The van der Waals surface area contributed by atoms with Gasteiger partial charge in [0.15, 0.2) is 5.96 Å². The van der Waals surface area contributed by atoms with Crippen LogP contribution >= 0.6 is 11.3 Å². The second kappa shape index (κ2) is 6.38. The number of hydrogen-bond donors (Lipinski definition) is 2. The fourth-order valence-corrected chi connectivity index (χ4v) is 2.29. The molecular formula is C13H18N4OS. The van der Waals surface area contributed by atoms with Crippen molar-refractivity contribution in [2.75, 3.05) is 6.54 Å². The maximum atomic E-state index is 5.78. The van der Waals surface area contributed by atoms with Gasteiger partial charge in [-0.25, -0.2) is 9.98 Å². The Bertz CT molecular complexity index is 525. The van der Waals surface area contributed by atoms with Crippen molar-refractivity contribution < 1.29 is 4.42 Å². The Balaban J connectivity index is 1.76. The van der Waals surface area contributed by atoms with E-state index in [0.717, 1.165) is 24.4 Å². The second-order valence-corrected chi connectivity index (χ2v) is 5.24. The van der Waals surface area contributed by atoms with E-state index >= 15 is 0 Å². The number of hydrogen-bond acceptors (Lipinski definition) is 4. The van der Waals surface area contributed by atoms with E-state index < -0.39 is 0 Å². The molecule has 0 spiro atoms. The molecule has 0 radical (unpaired) electrons. The Labute approximate surface area is 116 Å². The summed E-state index contributed by atoms with van der Waals surface area (Å²) < 4.78 is 5.43. The fraction of sp³-hybridized carbons (Fsp3) is 0.385. The predicted octanol–water partition coefficient (Wildman–Crippen LogP) is 2.00. The zero-order valence-corrected chi connectivity index (χ0v) is 12.0. The Morgan fingerprint density at radius 1 is 1.53 bits per heavy atom. The highest BCUT2D eigenvalue weighted by molar-refractivity contribution is 7.09. The van der Waals surface area contributed by atoms with E-state index in [2.05, 4.69) is 26.7 Å². The van der Waals surface area contributed by atoms with Crippen LogP contribution in [0.2, 0.25) is 0 Å². The second-order valence-electron chi connectivity index (χ2n) is 4.21. The van der Waals surface area contributed by atoms with E-state index in [1.54, 1.807) is 11.3 Å². The molecule has 0 aliphatic rings. The van der Waals surface area contributed by atoms with Crippen LogP contribution in [0.4, 0.5) is 0 Å². The van der Waals surface area contributed by atoms with E-state index in [4.69, 9.17) is 10.2 Å². The Morgan fingerprint density at radius 3 is 3.00 bits per heavy atom. The molecule has 0 saturated heterocycles. The van der Waals surface area contributed by atoms with Gasteiger partial charge in [-0.3, -0.25) is 0 Å². The normalized spacial score (nSPS) is 11.8. The molecule has 19 heavy (non-hydrogen) atoms. The monoisotopic (exact) mass is 278 g/mol. The van der Waals surface area contributed by atoms with Crippen LogP contribution in [0.5, 0.6) is 0 Å². The lowest BCUT2D eigenvalue weighted by molar-refractivity contribution is 0.473. The third-order valence-electron chi connectivity index (χ3n) is 2.72. The van der Waals surface area contributed by atoms with Gasteiger partial charge in [-0.05, 0) is 31.7 Å². The summed E-state index contributed by atoms with van der Waals surface area (Å²) >= 11 is 1.74. The van der Waals surface area contributed by atoms with Crippen LogP contribution in [0.1, 0.15) is 22.2 Å². The van der Waals surface area contributed by atoms with Gasteiger partial charge in [0.25, 0.3) is 0 Å². The topological polar surface area (TPSA) is 76.4 Å². The first-order chi connectivity index (χ1) is 9.15. The number of aryl methyl sites for hydroxylation is 2. The lowest BCUT2D eigenvalue weighted by atomic mass is 10.3. The summed E-state index contributed by atoms with van der Waals surface area (Å²) in [5.74, 6) is 1.84. The van der Waals surface area contributed by atoms with Crippen LogP contribution in [0.25, 0.3) is 0 Å². The van der Waals surface area contributed by atoms with Gasteiger partial charge in [0, 0.05) is 11.4 Å². The number of thiophene rings is 1. The summed E-state index contributed by atoms with van der Waals surface area (Å²) in [5.41, 5.74) is 6.68. The molecule has 3 N–H and O–H groups in total. The molecular weight excluding hydrogens is 260 g/mol. The van der Waals surface area contributed by atoms with Crippen LogP contribution < -0.4 is 11.1 Å². The number of aromatic nitrogens is 1. The molecule has 0 atom stereocenters. The molecule has 2 aromatic heterocycles. The van der Waals surface area contributed by atoms with Gasteiger partial charge >= 0.3 is 0 Å². The van der Waals surface area contributed by atoms with Gasteiger partial charge in [0.2, 0.25) is 5.89 Å². The van der Waals surface area contributed by atoms with Gasteiger partial charge in [-0.2, -0.15) is 0 Å². The van der Waals surface area contributed by atoms with Gasteiger partial charge in [-0.15, -0.1) is 11.3 Å². The molecule has 2 heterocycles. The average Bonchev–Trinajstić information content (AvgIpc) is 2.98. The predicted molar refractivity (Wildman–Crippen MR) is 77.3 cm³/mol. The van der Waals surface area contributed by atoms with Crippen LogP contribution in [-0.2, 0) is 13.0 Å². The Kier molecular flexibility index (Phi) is 4.57. The van der Waals surface area contributed by atoms with Crippen molar-refractivity contribution in [2.24, 2.45) is 10.7 Å². The van der Waals surface area contributed by atoms with E-state index in [1.807, 2.05) is 19.9 Å². The molecule has 0 aromatic carbocycles. The molecule has 6 heteroatoms. The number of guanidine groups is 1. The van der Waals surface area contributed by atoms with Crippen LogP contribution in [0.15, 0.2) is 26.9 Å². The molecule has 2 rings (SSSR count). The number of oxazole rings is 1. The highest BCUT2D eigenvalue weighted by Crippen LogP contribution is 2.09. The summed E-state index contributed by atoms with van der Waals surface area (Å²) in [6.45, 7) is 4.94. The fourth-order valence-electron chi connectivity index (χ4n) is 1.58. The minimum Gasteiger partial charge on any atom is -0.444 e. The summed E-state index contributed by atoms with van der Waals surface area (Å²) in [6, 6.07) is 4.16. The Morgan fingerprint density at radius 2 is 2.37 bits per heavy atom. The Hall–Kier alpha value is -1.82. The minimum absolute atomic E-state index is 0.368. The third kappa shape index (κ3) is 4.10. The van der Waals surface area contributed by atoms with Crippen molar-refractivity contribution in [1.29, 1.82) is 0 Å². The highest BCUT2D eigenvalue weighted by Gasteiger charge is 2.04. The van der Waals surface area contributed by atoms with Crippen molar-refractivity contribution in [2.45, 2.75) is 26.8 Å². The van der Waals surface area contributed by atoms with E-state index in [1.165, 1.54) is 4.88 Å². The summed E-state index contributed by atoms with van der Waals surface area (Å²) in [7, 11) is 0. The summed E-state index contributed by atoms with van der Waals surface area (Å²) in [4.78, 5) is 9.78. The van der Waals surface area contributed by atoms with Crippen molar-refractivity contribution in [3.63, 3.8) is 0 Å². The number of nitrogens with zero attached hydrogens (tertiary/aromatic N) is 2. The van der Waals surface area contributed by atoms with Crippen molar-refractivity contribution in [3.05, 3.63) is 39.7 Å². The number of nitrogens with one attached hydrogen (secondary N) is 1. The molecule has 0 aliphatic heterocycles. The summed E-state index contributed by atoms with van der Waals surface area (Å²) in [5, 5.41) is 5.15. The first-order valence-corrected chi connectivity index (χ1v) is 7.02. The first kappa shape index (κ1) is 13.6. The molecule has 0 saturated carbocycles. The van der Waals surface area contributed by atoms with Crippen molar-refractivity contribution >= 4 is 17.3 Å². The number of nitrogens with two attached hydrogens (primary N) is 1. The highest BCUT2D eigenvalue weighted by atomic mass is 32.1. The molecule has 5 nitrogen and oxygen atoms in total. The molecule has 0 fully saturated rings. The van der Waals surface area contributed by atoms with Crippen molar-refractivity contribution in [1.82, 2.24) is 10.3 Å². The SMILES string of the molecule is Cc1nc(CN=C(N)NCCc2cccs2)oc1C. The standard InChI is InChI=1S/C13H18N4OS/c1-9-10(2)18-12(17-9)8-16-13(14)15-6-5-11-4-3-7-19-11/h3-4,7H,5-6,8H2,1-2H3,(H3,14,15,16). The van der Waals surface area contributed by atoms with Crippen LogP contribution in [0.3, 0.4) is 0 Å². The lowest BCUT2D eigenvalue weighted by Gasteiger charge is -2.03. The van der Waals surface area contributed by atoms with Crippen LogP contribution in [0, 0.1) is 13.8 Å². The number of rotatable bonds is 5. The third-order valence-corrected chi connectivity index (χ3v) is 3.65. The van der Waals surface area contributed by atoms with Gasteiger partial charge in [0.05, 0.1) is 5.69 Å². The first-order valence-electron chi connectivity index (χ1n) is 6.14. The average molecular weight is 278 g/mol. The molecule has 0 aliphatic carbocycles. The van der Waals surface area contributed by atoms with Gasteiger partial charge in [-0.1, -0.05) is 6.07 Å². The number of aliphatic imine (C=N–C) groups is 1. The molecule has 2 aromatic rings. The maximum absolute atomic E-state index is 5.78. The molecule has 102 valence electrons. The van der Waals surface area contributed by atoms with Crippen molar-refractivity contribution in [3.8, 4) is 0 Å². The molecule has 0 unspecified atom stereocenters. The van der Waals surface area contributed by atoms with Gasteiger partial charge in [0.1, 0.15) is 12.3 Å². The molecule has 0 bridgehead atoms. The van der Waals surface area contributed by atoms with Crippen LogP contribution in [-0.4, -0.2) is 17.5 Å². The van der Waals surface area contributed by atoms with E-state index in [-0.39, 0.29) is 0 Å². The quantitative estimate of drug-likeness (QED) is 0.648. The van der Waals surface area contributed by atoms with Gasteiger partial charge < -0.3 is 15.5 Å². The largest absolute Gasteiger partial charge is 0.444 e. The maximum Gasteiger partial charge on any atom is 0.216 e. The summed E-state index contributed by atoms with van der Waals surface area (Å²) in [6.07, 6.45) is 0.950. The van der Waals surface area contributed by atoms with E-state index in [9.17, 15) is 0 Å². The zero-order chi connectivity index (χ0) is 13.7. The lowest BCUT2D eigenvalue weighted by Crippen LogP contribution is -2.33. The molecule has 0 amide bonds. The smallest absolute Gasteiger partial charge is 0.216 e. The zero-order valence-electron chi connectivity index (χ0n) is 11.1. The minimum atomic E-state index is 0.368. The van der Waals surface area contributed by atoms with E-state index in [0.29, 0.717) is 18.4 Å².